The van der Waals surface area contributed by atoms with Gasteiger partial charge in [-0.3, -0.25) is 4.79 Å². The number of benzene rings is 1. The van der Waals surface area contributed by atoms with Crippen molar-refractivity contribution >= 4 is 11.8 Å². The van der Waals surface area contributed by atoms with Gasteiger partial charge in [-0.25, -0.2) is 4.79 Å². The molecule has 6 heteroatoms. The first-order chi connectivity index (χ1) is 8.54. The number of Topliss-reactive ketones (excluding diaryl/α,β-unsaturated/α-hetero) is 1. The number of ketones is 1. The van der Waals surface area contributed by atoms with Gasteiger partial charge in [-0.15, -0.1) is 0 Å². The number of rotatable bonds is 5. The largest absolute Gasteiger partial charge is 0.504 e. The van der Waals surface area contributed by atoms with Gasteiger partial charge in [0.05, 0.1) is 31.9 Å². The van der Waals surface area contributed by atoms with E-state index in [1.54, 1.807) is 7.05 Å². The van der Waals surface area contributed by atoms with E-state index >= 15 is 0 Å². The van der Waals surface area contributed by atoms with Gasteiger partial charge in [-0.1, -0.05) is 0 Å². The zero-order chi connectivity index (χ0) is 13.7. The van der Waals surface area contributed by atoms with Crippen LogP contribution in [-0.2, 0) is 4.74 Å². The molecule has 0 spiro atoms. The average molecular weight is 253 g/mol. The molecule has 0 heterocycles. The number of carbonyl (C=O) groups excluding carboxylic acids is 2. The minimum Gasteiger partial charge on any atom is -0.504 e. The molecule has 0 saturated carbocycles. The van der Waals surface area contributed by atoms with Gasteiger partial charge >= 0.3 is 5.97 Å². The molecule has 1 aromatic rings. The summed E-state index contributed by atoms with van der Waals surface area (Å²) in [4.78, 5) is 23.2. The summed E-state index contributed by atoms with van der Waals surface area (Å²) < 4.78 is 9.49. The fourth-order valence-electron chi connectivity index (χ4n) is 1.47. The summed E-state index contributed by atoms with van der Waals surface area (Å²) in [5, 5.41) is 12.5. The van der Waals surface area contributed by atoms with E-state index in [4.69, 9.17) is 4.74 Å². The van der Waals surface area contributed by atoms with Crippen LogP contribution in [-0.4, -0.2) is 44.7 Å². The number of nitrogens with one attached hydrogen (secondary N) is 1. The van der Waals surface area contributed by atoms with Crippen LogP contribution in [0.3, 0.4) is 0 Å². The van der Waals surface area contributed by atoms with E-state index in [0.717, 1.165) is 0 Å². The standard InChI is InChI=1S/C12H15NO5/c1-13-6-9(14)8-4-7(12(16)18-3)5-10(17-2)11(8)15/h4-5,13,15H,6H2,1-3H3. The van der Waals surface area contributed by atoms with Crippen LogP contribution in [0.2, 0.25) is 0 Å². The van der Waals surface area contributed by atoms with Crippen molar-refractivity contribution in [3.63, 3.8) is 0 Å². The highest BCUT2D eigenvalue weighted by Gasteiger charge is 2.19. The lowest BCUT2D eigenvalue weighted by atomic mass is 10.0. The van der Waals surface area contributed by atoms with Gasteiger partial charge in [-0.05, 0) is 19.2 Å². The Morgan fingerprint density at radius 2 is 2.00 bits per heavy atom. The van der Waals surface area contributed by atoms with Crippen molar-refractivity contribution in [1.29, 1.82) is 0 Å². The predicted octanol–water partition coefficient (Wildman–Crippen LogP) is 0.589. The van der Waals surface area contributed by atoms with Crippen LogP contribution in [0.1, 0.15) is 20.7 Å². The van der Waals surface area contributed by atoms with Gasteiger partial charge in [0.2, 0.25) is 0 Å². The molecule has 0 saturated heterocycles. The molecule has 0 aromatic heterocycles. The van der Waals surface area contributed by atoms with Gasteiger partial charge in [-0.2, -0.15) is 0 Å². The van der Waals surface area contributed by atoms with Gasteiger partial charge in [0.1, 0.15) is 0 Å². The van der Waals surface area contributed by atoms with Gasteiger partial charge in [0.25, 0.3) is 0 Å². The zero-order valence-electron chi connectivity index (χ0n) is 10.4. The van der Waals surface area contributed by atoms with Crippen molar-refractivity contribution in [3.8, 4) is 11.5 Å². The first-order valence-electron chi connectivity index (χ1n) is 5.22. The smallest absolute Gasteiger partial charge is 0.338 e. The maximum atomic E-state index is 11.8. The number of aromatic hydroxyl groups is 1. The van der Waals surface area contributed by atoms with Crippen molar-refractivity contribution in [2.45, 2.75) is 0 Å². The van der Waals surface area contributed by atoms with Crippen molar-refractivity contribution in [1.82, 2.24) is 5.32 Å². The van der Waals surface area contributed by atoms with E-state index in [9.17, 15) is 14.7 Å². The maximum Gasteiger partial charge on any atom is 0.338 e. The summed E-state index contributed by atoms with van der Waals surface area (Å²) >= 11 is 0. The highest BCUT2D eigenvalue weighted by molar-refractivity contribution is 6.03. The quantitative estimate of drug-likeness (QED) is 0.590. The third kappa shape index (κ3) is 2.78. The van der Waals surface area contributed by atoms with E-state index in [2.05, 4.69) is 10.1 Å². The van der Waals surface area contributed by atoms with E-state index < -0.39 is 5.97 Å². The number of carbonyl (C=O) groups is 2. The van der Waals surface area contributed by atoms with Crippen molar-refractivity contribution in [2.75, 3.05) is 27.8 Å². The third-order valence-corrected chi connectivity index (χ3v) is 2.35. The number of hydrogen-bond acceptors (Lipinski definition) is 6. The molecule has 98 valence electrons. The maximum absolute atomic E-state index is 11.8. The SMILES string of the molecule is CNCC(=O)c1cc(C(=O)OC)cc(OC)c1O. The lowest BCUT2D eigenvalue weighted by Crippen LogP contribution is -2.19. The summed E-state index contributed by atoms with van der Waals surface area (Å²) in [6.07, 6.45) is 0. The molecule has 1 aromatic carbocycles. The van der Waals surface area contributed by atoms with Crippen molar-refractivity contribution < 1.29 is 24.2 Å². The Labute approximate surface area is 105 Å². The molecule has 0 bridgehead atoms. The van der Waals surface area contributed by atoms with Crippen LogP contribution in [0, 0.1) is 0 Å². The van der Waals surface area contributed by atoms with Gasteiger partial charge in [0, 0.05) is 0 Å². The van der Waals surface area contributed by atoms with Crippen LogP contribution >= 0.6 is 0 Å². The Kier molecular flexibility index (Phi) is 4.67. The van der Waals surface area contributed by atoms with E-state index in [1.807, 2.05) is 0 Å². The number of hydrogen-bond donors (Lipinski definition) is 2. The summed E-state index contributed by atoms with van der Waals surface area (Å²) in [5.74, 6) is -1.19. The zero-order valence-corrected chi connectivity index (χ0v) is 10.4. The molecule has 18 heavy (non-hydrogen) atoms. The van der Waals surface area contributed by atoms with Crippen LogP contribution in [0.5, 0.6) is 11.5 Å². The van der Waals surface area contributed by atoms with E-state index in [1.165, 1.54) is 26.4 Å². The molecule has 0 fully saturated rings. The molecule has 6 nitrogen and oxygen atoms in total. The number of methoxy groups -OCH3 is 2. The monoisotopic (exact) mass is 253 g/mol. The third-order valence-electron chi connectivity index (χ3n) is 2.35. The van der Waals surface area contributed by atoms with Crippen LogP contribution in [0.25, 0.3) is 0 Å². The Bertz CT molecular complexity index is 470. The van der Waals surface area contributed by atoms with Crippen LogP contribution in [0.4, 0.5) is 0 Å². The van der Waals surface area contributed by atoms with E-state index in [0.29, 0.717) is 0 Å². The Balaban J connectivity index is 3.31. The first-order valence-corrected chi connectivity index (χ1v) is 5.22. The second kappa shape index (κ2) is 6.02. The van der Waals surface area contributed by atoms with Crippen LogP contribution < -0.4 is 10.1 Å². The second-order valence-corrected chi connectivity index (χ2v) is 3.52. The Morgan fingerprint density at radius 3 is 2.50 bits per heavy atom. The molecule has 0 amide bonds. The average Bonchev–Trinajstić information content (AvgIpc) is 2.38. The molecule has 0 aliphatic heterocycles. The predicted molar refractivity (Wildman–Crippen MR) is 64.3 cm³/mol. The topological polar surface area (TPSA) is 84.9 Å². The minimum absolute atomic E-state index is 0.0177. The molecule has 0 atom stereocenters. The normalized spacial score (nSPS) is 9.94. The highest BCUT2D eigenvalue weighted by atomic mass is 16.5. The summed E-state index contributed by atoms with van der Waals surface area (Å²) in [5.41, 5.74) is 0.163. The number of ether oxygens (including phenoxy) is 2. The Morgan fingerprint density at radius 1 is 1.33 bits per heavy atom. The fourth-order valence-corrected chi connectivity index (χ4v) is 1.47. The lowest BCUT2D eigenvalue weighted by Gasteiger charge is -2.10. The van der Waals surface area contributed by atoms with Crippen LogP contribution in [0.15, 0.2) is 12.1 Å². The minimum atomic E-state index is -0.605. The fraction of sp³-hybridized carbons (Fsp3) is 0.333. The first kappa shape index (κ1) is 14.0. The van der Waals surface area contributed by atoms with Crippen molar-refractivity contribution in [2.24, 2.45) is 0 Å². The lowest BCUT2D eigenvalue weighted by molar-refractivity contribution is 0.0600. The molecule has 2 N–H and O–H groups in total. The highest BCUT2D eigenvalue weighted by Crippen LogP contribution is 2.32. The molecular weight excluding hydrogens is 238 g/mol. The summed E-state index contributed by atoms with van der Waals surface area (Å²) in [6, 6.07) is 2.60. The molecule has 1 rings (SSSR count). The summed E-state index contributed by atoms with van der Waals surface area (Å²) in [6.45, 7) is 0.0430. The van der Waals surface area contributed by atoms with Gasteiger partial charge < -0.3 is 19.9 Å². The molecular formula is C12H15NO5. The van der Waals surface area contributed by atoms with Crippen molar-refractivity contribution in [3.05, 3.63) is 23.3 Å². The summed E-state index contributed by atoms with van der Waals surface area (Å²) in [7, 11) is 4.18. The number of phenolic OH excluding ortho intramolecular Hbond substituents is 1. The molecule has 0 aliphatic rings. The number of likely N-dealkylation sites (N-methyl/N-ethyl adjacent to an activating group) is 1. The second-order valence-electron chi connectivity index (χ2n) is 3.52. The Hall–Kier alpha value is -2.08. The number of esters is 1. The van der Waals surface area contributed by atoms with Gasteiger partial charge in [0.15, 0.2) is 17.3 Å². The molecule has 0 radical (unpaired) electrons. The molecule has 0 unspecified atom stereocenters. The molecule has 0 aliphatic carbocycles. The van der Waals surface area contributed by atoms with E-state index in [-0.39, 0.29) is 35.0 Å². The number of phenols is 1.